The van der Waals surface area contributed by atoms with E-state index in [4.69, 9.17) is 4.74 Å². The third kappa shape index (κ3) is 3.66. The number of rotatable bonds is 3. The molecule has 0 aromatic carbocycles. The Balaban J connectivity index is 1.73. The van der Waals surface area contributed by atoms with Crippen LogP contribution in [0.25, 0.3) is 0 Å². The van der Waals surface area contributed by atoms with E-state index in [1.807, 2.05) is 27.7 Å². The fourth-order valence-electron chi connectivity index (χ4n) is 1.92. The van der Waals surface area contributed by atoms with Crippen LogP contribution in [0.15, 0.2) is 6.33 Å². The SMILES string of the molecule is CC(NC1CN(C(=O)OC(C)(C)C)C1)c1ncn[nH]1. The summed E-state index contributed by atoms with van der Waals surface area (Å²) < 4.78 is 5.30. The monoisotopic (exact) mass is 267 g/mol. The van der Waals surface area contributed by atoms with Crippen molar-refractivity contribution >= 4 is 6.09 Å². The Bertz CT molecular complexity index is 420. The number of hydrogen-bond acceptors (Lipinski definition) is 5. The highest BCUT2D eigenvalue weighted by Crippen LogP contribution is 2.17. The number of carbonyl (C=O) groups is 1. The minimum absolute atomic E-state index is 0.0910. The Morgan fingerprint density at radius 3 is 2.79 bits per heavy atom. The van der Waals surface area contributed by atoms with E-state index in [1.165, 1.54) is 6.33 Å². The number of aromatic amines is 1. The van der Waals surface area contributed by atoms with E-state index in [9.17, 15) is 4.79 Å². The van der Waals surface area contributed by atoms with Crippen molar-refractivity contribution in [2.45, 2.75) is 45.4 Å². The number of aromatic nitrogens is 3. The molecule has 0 aliphatic carbocycles. The van der Waals surface area contributed by atoms with Gasteiger partial charge >= 0.3 is 6.09 Å². The van der Waals surface area contributed by atoms with Gasteiger partial charge in [-0.05, 0) is 27.7 Å². The van der Waals surface area contributed by atoms with Gasteiger partial charge in [-0.25, -0.2) is 9.78 Å². The topological polar surface area (TPSA) is 83.1 Å². The van der Waals surface area contributed by atoms with Crippen LogP contribution in [0.2, 0.25) is 0 Å². The average molecular weight is 267 g/mol. The Hall–Kier alpha value is -1.63. The normalized spacial score (nSPS) is 18.0. The first-order valence-electron chi connectivity index (χ1n) is 6.44. The van der Waals surface area contributed by atoms with Crippen molar-refractivity contribution in [3.8, 4) is 0 Å². The van der Waals surface area contributed by atoms with Gasteiger partial charge in [-0.2, -0.15) is 5.10 Å². The Labute approximate surface area is 112 Å². The predicted octanol–water partition coefficient (Wildman–Crippen LogP) is 1.07. The van der Waals surface area contributed by atoms with Crippen molar-refractivity contribution in [3.63, 3.8) is 0 Å². The van der Waals surface area contributed by atoms with Crippen LogP contribution in [-0.2, 0) is 4.74 Å². The van der Waals surface area contributed by atoms with Gasteiger partial charge in [-0.3, -0.25) is 5.10 Å². The van der Waals surface area contributed by atoms with Crippen molar-refractivity contribution in [1.29, 1.82) is 0 Å². The lowest BCUT2D eigenvalue weighted by atomic mass is 10.1. The Morgan fingerprint density at radius 1 is 1.58 bits per heavy atom. The first-order chi connectivity index (χ1) is 8.85. The van der Waals surface area contributed by atoms with E-state index in [1.54, 1.807) is 4.90 Å². The number of likely N-dealkylation sites (tertiary alicyclic amines) is 1. The summed E-state index contributed by atoms with van der Waals surface area (Å²) in [5.74, 6) is 0.802. The van der Waals surface area contributed by atoms with Crippen molar-refractivity contribution in [2.24, 2.45) is 0 Å². The van der Waals surface area contributed by atoms with Crippen LogP contribution in [0.4, 0.5) is 4.79 Å². The second-order valence-electron chi connectivity index (χ2n) is 5.84. The van der Waals surface area contributed by atoms with Crippen LogP contribution in [0.5, 0.6) is 0 Å². The molecule has 1 aromatic heterocycles. The molecule has 1 saturated heterocycles. The molecule has 2 rings (SSSR count). The van der Waals surface area contributed by atoms with Crippen LogP contribution in [0, 0.1) is 0 Å². The van der Waals surface area contributed by atoms with Crippen molar-refractivity contribution in [2.75, 3.05) is 13.1 Å². The van der Waals surface area contributed by atoms with Gasteiger partial charge < -0.3 is 15.0 Å². The van der Waals surface area contributed by atoms with Gasteiger partial charge in [0.15, 0.2) is 0 Å². The predicted molar refractivity (Wildman–Crippen MR) is 69.5 cm³/mol. The van der Waals surface area contributed by atoms with Gasteiger partial charge in [0, 0.05) is 19.1 Å². The number of nitrogens with zero attached hydrogens (tertiary/aromatic N) is 3. The zero-order chi connectivity index (χ0) is 14.0. The molecule has 1 atom stereocenters. The highest BCUT2D eigenvalue weighted by atomic mass is 16.6. The van der Waals surface area contributed by atoms with Gasteiger partial charge in [0.05, 0.1) is 6.04 Å². The molecule has 7 nitrogen and oxygen atoms in total. The fourth-order valence-corrected chi connectivity index (χ4v) is 1.92. The molecule has 1 unspecified atom stereocenters. The smallest absolute Gasteiger partial charge is 0.410 e. The van der Waals surface area contributed by atoms with Gasteiger partial charge in [-0.15, -0.1) is 0 Å². The number of amides is 1. The maximum atomic E-state index is 11.7. The molecular weight excluding hydrogens is 246 g/mol. The molecule has 1 aliphatic heterocycles. The average Bonchev–Trinajstić information content (AvgIpc) is 2.72. The Morgan fingerprint density at radius 2 is 2.26 bits per heavy atom. The molecule has 1 aromatic rings. The largest absolute Gasteiger partial charge is 0.444 e. The zero-order valence-corrected chi connectivity index (χ0v) is 11.8. The molecule has 1 aliphatic rings. The summed E-state index contributed by atoms with van der Waals surface area (Å²) in [7, 11) is 0. The van der Waals surface area contributed by atoms with E-state index in [-0.39, 0.29) is 18.2 Å². The van der Waals surface area contributed by atoms with E-state index in [2.05, 4.69) is 20.5 Å². The summed E-state index contributed by atoms with van der Waals surface area (Å²) >= 11 is 0. The maximum Gasteiger partial charge on any atom is 0.410 e. The van der Waals surface area contributed by atoms with E-state index < -0.39 is 5.60 Å². The molecule has 2 heterocycles. The molecule has 0 radical (unpaired) electrons. The molecular formula is C12H21N5O2. The minimum Gasteiger partial charge on any atom is -0.444 e. The first kappa shape index (κ1) is 13.8. The molecule has 0 bridgehead atoms. The van der Waals surface area contributed by atoms with Gasteiger partial charge in [-0.1, -0.05) is 0 Å². The van der Waals surface area contributed by atoms with Crippen LogP contribution in [-0.4, -0.2) is 50.9 Å². The molecule has 19 heavy (non-hydrogen) atoms. The summed E-state index contributed by atoms with van der Waals surface area (Å²) in [6.07, 6.45) is 1.24. The van der Waals surface area contributed by atoms with Crippen molar-refractivity contribution in [3.05, 3.63) is 12.2 Å². The number of carbonyl (C=O) groups excluding carboxylic acids is 1. The van der Waals surface area contributed by atoms with E-state index >= 15 is 0 Å². The molecule has 7 heteroatoms. The first-order valence-corrected chi connectivity index (χ1v) is 6.44. The summed E-state index contributed by atoms with van der Waals surface area (Å²) in [4.78, 5) is 17.5. The fraction of sp³-hybridized carbons (Fsp3) is 0.750. The highest BCUT2D eigenvalue weighted by Gasteiger charge is 2.34. The maximum absolute atomic E-state index is 11.7. The number of H-pyrrole nitrogens is 1. The van der Waals surface area contributed by atoms with Crippen LogP contribution >= 0.6 is 0 Å². The highest BCUT2D eigenvalue weighted by molar-refractivity contribution is 5.69. The quantitative estimate of drug-likeness (QED) is 0.856. The molecule has 0 saturated carbocycles. The summed E-state index contributed by atoms with van der Waals surface area (Å²) in [6.45, 7) is 8.93. The van der Waals surface area contributed by atoms with Gasteiger partial charge in [0.2, 0.25) is 0 Å². The van der Waals surface area contributed by atoms with Gasteiger partial charge in [0.1, 0.15) is 17.8 Å². The standard InChI is InChI=1S/C12H21N5O2/c1-8(10-13-7-14-16-10)15-9-5-17(6-9)11(18)19-12(2,3)4/h7-9,15H,5-6H2,1-4H3,(H,13,14,16). The lowest BCUT2D eigenvalue weighted by molar-refractivity contribution is 0.00425. The van der Waals surface area contributed by atoms with Crippen LogP contribution in [0.1, 0.15) is 39.6 Å². The third-order valence-electron chi connectivity index (χ3n) is 2.86. The van der Waals surface area contributed by atoms with Crippen molar-refractivity contribution < 1.29 is 9.53 Å². The number of ether oxygens (including phenoxy) is 1. The molecule has 0 spiro atoms. The van der Waals surface area contributed by atoms with Crippen LogP contribution in [0.3, 0.4) is 0 Å². The minimum atomic E-state index is -0.442. The van der Waals surface area contributed by atoms with Gasteiger partial charge in [0.25, 0.3) is 0 Å². The molecule has 106 valence electrons. The molecule has 2 N–H and O–H groups in total. The van der Waals surface area contributed by atoms with E-state index in [0.717, 1.165) is 5.82 Å². The lowest BCUT2D eigenvalue weighted by Crippen LogP contribution is -2.60. The Kier molecular flexibility index (Phi) is 3.75. The summed E-state index contributed by atoms with van der Waals surface area (Å²) in [5, 5.41) is 10.0. The number of hydrogen-bond donors (Lipinski definition) is 2. The summed E-state index contributed by atoms with van der Waals surface area (Å²) in [6, 6.07) is 0.362. The third-order valence-corrected chi connectivity index (χ3v) is 2.86. The van der Waals surface area contributed by atoms with E-state index in [0.29, 0.717) is 13.1 Å². The second kappa shape index (κ2) is 5.16. The second-order valence-corrected chi connectivity index (χ2v) is 5.84. The lowest BCUT2D eigenvalue weighted by Gasteiger charge is -2.41. The molecule has 1 fully saturated rings. The zero-order valence-electron chi connectivity index (χ0n) is 11.8. The van der Waals surface area contributed by atoms with Crippen LogP contribution < -0.4 is 5.32 Å². The molecule has 1 amide bonds. The number of nitrogens with one attached hydrogen (secondary N) is 2. The summed E-state index contributed by atoms with van der Waals surface area (Å²) in [5.41, 5.74) is -0.442. The van der Waals surface area contributed by atoms with Crippen molar-refractivity contribution in [1.82, 2.24) is 25.4 Å².